The van der Waals surface area contributed by atoms with Crippen LogP contribution in [0.4, 0.5) is 0 Å². The van der Waals surface area contributed by atoms with Gasteiger partial charge >= 0.3 is 5.63 Å². The second-order valence-corrected chi connectivity index (χ2v) is 7.92. The third kappa shape index (κ3) is 2.32. The molecule has 142 valence electrons. The highest BCUT2D eigenvalue weighted by Crippen LogP contribution is 2.40. The van der Waals surface area contributed by atoms with Crippen LogP contribution in [0.1, 0.15) is 37.7 Å². The summed E-state index contributed by atoms with van der Waals surface area (Å²) in [5, 5.41) is 2.19. The fourth-order valence-electron chi connectivity index (χ4n) is 4.89. The average Bonchev–Trinajstić information content (AvgIpc) is 3.15. The lowest BCUT2D eigenvalue weighted by molar-refractivity contribution is 0.0411. The summed E-state index contributed by atoms with van der Waals surface area (Å²) in [6.07, 6.45) is 6.32. The maximum Gasteiger partial charge on any atom is 0.348 e. The molecule has 0 radical (unpaired) electrons. The number of fused-ring (bicyclic) bond motifs is 7. The van der Waals surface area contributed by atoms with Gasteiger partial charge in [0.1, 0.15) is 29.0 Å². The van der Waals surface area contributed by atoms with Crippen molar-refractivity contribution in [3.8, 4) is 5.75 Å². The van der Waals surface area contributed by atoms with Crippen LogP contribution in [-0.4, -0.2) is 17.7 Å². The number of hydrogen-bond donors (Lipinski definition) is 0. The maximum atomic E-state index is 12.9. The van der Waals surface area contributed by atoms with E-state index in [4.69, 9.17) is 13.6 Å². The fourth-order valence-corrected chi connectivity index (χ4v) is 4.89. The van der Waals surface area contributed by atoms with E-state index in [2.05, 4.69) is 4.90 Å². The summed E-state index contributed by atoms with van der Waals surface area (Å²) in [5.74, 6) is 0.842. The highest BCUT2D eigenvalue weighted by molar-refractivity contribution is 6.14. The van der Waals surface area contributed by atoms with Crippen molar-refractivity contribution in [2.45, 2.75) is 44.7 Å². The average molecular weight is 375 g/mol. The van der Waals surface area contributed by atoms with E-state index in [9.17, 15) is 4.79 Å². The Morgan fingerprint density at radius 3 is 2.64 bits per heavy atom. The van der Waals surface area contributed by atoms with Crippen molar-refractivity contribution in [2.75, 3.05) is 6.73 Å². The first-order valence-corrected chi connectivity index (χ1v) is 10.1. The Balaban J connectivity index is 1.58. The van der Waals surface area contributed by atoms with Crippen LogP contribution in [0.5, 0.6) is 5.75 Å². The van der Waals surface area contributed by atoms with Crippen LogP contribution in [0.15, 0.2) is 50.0 Å². The van der Waals surface area contributed by atoms with Gasteiger partial charge in [-0.1, -0.05) is 31.4 Å². The van der Waals surface area contributed by atoms with Crippen molar-refractivity contribution in [3.05, 3.63) is 52.4 Å². The monoisotopic (exact) mass is 375 g/mol. The zero-order chi connectivity index (χ0) is 18.7. The third-order valence-electron chi connectivity index (χ3n) is 6.30. The molecule has 4 aromatic rings. The van der Waals surface area contributed by atoms with E-state index in [0.717, 1.165) is 28.6 Å². The van der Waals surface area contributed by atoms with E-state index in [0.29, 0.717) is 34.9 Å². The van der Waals surface area contributed by atoms with Crippen LogP contribution in [0, 0.1) is 0 Å². The minimum Gasteiger partial charge on any atom is -0.478 e. The Bertz CT molecular complexity index is 1260. The van der Waals surface area contributed by atoms with Crippen molar-refractivity contribution in [1.29, 1.82) is 0 Å². The molecule has 0 unspecified atom stereocenters. The third-order valence-corrected chi connectivity index (χ3v) is 6.30. The standard InChI is InChI=1S/C23H21NO4/c25-23-21-20-16-12-24(14-6-2-1-3-7-14)13-26-17(16)10-11-19(20)27-22(21)15-8-4-5-9-18(15)28-23/h4-5,8-11,14H,1-3,6-7,12-13H2. The Labute approximate surface area is 161 Å². The Kier molecular flexibility index (Phi) is 3.53. The van der Waals surface area contributed by atoms with E-state index >= 15 is 0 Å². The molecular weight excluding hydrogens is 354 g/mol. The second-order valence-electron chi connectivity index (χ2n) is 7.92. The van der Waals surface area contributed by atoms with Crippen LogP contribution in [0.2, 0.25) is 0 Å². The van der Waals surface area contributed by atoms with Gasteiger partial charge in [0.2, 0.25) is 0 Å². The molecule has 2 aromatic heterocycles. The summed E-state index contributed by atoms with van der Waals surface area (Å²) < 4.78 is 17.9. The van der Waals surface area contributed by atoms with Gasteiger partial charge in [-0.25, -0.2) is 4.79 Å². The van der Waals surface area contributed by atoms with E-state index in [1.165, 1.54) is 32.1 Å². The molecule has 0 atom stereocenters. The van der Waals surface area contributed by atoms with Gasteiger partial charge in [-0.2, -0.15) is 0 Å². The summed E-state index contributed by atoms with van der Waals surface area (Å²) in [6, 6.07) is 11.9. The van der Waals surface area contributed by atoms with Crippen LogP contribution in [0.3, 0.4) is 0 Å². The zero-order valence-corrected chi connectivity index (χ0v) is 15.6. The SMILES string of the molecule is O=c1oc2ccccc2c2oc3ccc4c(c3c12)CN(C1CCCCC1)CO4. The van der Waals surface area contributed by atoms with Crippen molar-refractivity contribution in [3.63, 3.8) is 0 Å². The number of benzene rings is 2. The van der Waals surface area contributed by atoms with Crippen molar-refractivity contribution >= 4 is 32.9 Å². The molecule has 5 heteroatoms. The number of hydrogen-bond acceptors (Lipinski definition) is 5. The van der Waals surface area contributed by atoms with E-state index in [-0.39, 0.29) is 5.63 Å². The van der Waals surface area contributed by atoms with Crippen molar-refractivity contribution < 1.29 is 13.6 Å². The molecule has 28 heavy (non-hydrogen) atoms. The molecule has 0 saturated heterocycles. The molecule has 1 aliphatic heterocycles. The molecule has 0 bridgehead atoms. The summed E-state index contributed by atoms with van der Waals surface area (Å²) in [6.45, 7) is 1.38. The minimum atomic E-state index is -0.351. The van der Waals surface area contributed by atoms with Gasteiger partial charge in [-0.05, 0) is 37.1 Å². The zero-order valence-electron chi connectivity index (χ0n) is 15.6. The summed E-state index contributed by atoms with van der Waals surface area (Å²) >= 11 is 0. The Morgan fingerprint density at radius 2 is 1.75 bits per heavy atom. The Morgan fingerprint density at radius 1 is 0.893 bits per heavy atom. The lowest BCUT2D eigenvalue weighted by atomic mass is 9.93. The quantitative estimate of drug-likeness (QED) is 0.429. The molecule has 2 aliphatic rings. The smallest absolute Gasteiger partial charge is 0.348 e. The van der Waals surface area contributed by atoms with Crippen LogP contribution in [0.25, 0.3) is 32.9 Å². The maximum absolute atomic E-state index is 12.9. The Hall–Kier alpha value is -2.79. The molecule has 1 aliphatic carbocycles. The molecule has 6 rings (SSSR count). The lowest BCUT2D eigenvalue weighted by Crippen LogP contribution is -2.41. The van der Waals surface area contributed by atoms with Gasteiger partial charge in [0.15, 0.2) is 5.58 Å². The van der Waals surface area contributed by atoms with Crippen LogP contribution >= 0.6 is 0 Å². The topological polar surface area (TPSA) is 55.8 Å². The van der Waals surface area contributed by atoms with Gasteiger partial charge < -0.3 is 13.6 Å². The molecular formula is C23H21NO4. The summed E-state index contributed by atoms with van der Waals surface area (Å²) in [5.41, 5.74) is 2.55. The van der Waals surface area contributed by atoms with Crippen molar-refractivity contribution in [2.24, 2.45) is 0 Å². The first kappa shape index (κ1) is 16.2. The molecule has 0 N–H and O–H groups in total. The predicted molar refractivity (Wildman–Crippen MR) is 108 cm³/mol. The van der Waals surface area contributed by atoms with Gasteiger partial charge in [-0.15, -0.1) is 0 Å². The second kappa shape index (κ2) is 6.11. The van der Waals surface area contributed by atoms with E-state index < -0.39 is 0 Å². The number of rotatable bonds is 1. The fraction of sp³-hybridized carbons (Fsp3) is 0.348. The molecule has 0 spiro atoms. The molecule has 1 saturated carbocycles. The van der Waals surface area contributed by atoms with Crippen LogP contribution in [-0.2, 0) is 6.54 Å². The summed E-state index contributed by atoms with van der Waals surface area (Å²) in [7, 11) is 0. The van der Waals surface area contributed by atoms with Gasteiger partial charge in [-0.3, -0.25) is 4.90 Å². The number of para-hydroxylation sites is 1. The highest BCUT2D eigenvalue weighted by atomic mass is 16.5. The molecule has 2 aromatic carbocycles. The van der Waals surface area contributed by atoms with E-state index in [1.54, 1.807) is 6.07 Å². The molecule has 1 fully saturated rings. The molecule has 0 amide bonds. The first-order valence-electron chi connectivity index (χ1n) is 10.1. The van der Waals surface area contributed by atoms with Gasteiger partial charge in [0.25, 0.3) is 0 Å². The number of furan rings is 1. The molecule has 3 heterocycles. The molecule has 5 nitrogen and oxygen atoms in total. The van der Waals surface area contributed by atoms with Gasteiger partial charge in [0, 0.05) is 23.5 Å². The van der Waals surface area contributed by atoms with Gasteiger partial charge in [0.05, 0.1) is 5.39 Å². The number of ether oxygens (including phenoxy) is 1. The largest absolute Gasteiger partial charge is 0.478 e. The van der Waals surface area contributed by atoms with Crippen LogP contribution < -0.4 is 10.4 Å². The van der Waals surface area contributed by atoms with E-state index in [1.807, 2.05) is 30.3 Å². The summed E-state index contributed by atoms with van der Waals surface area (Å²) in [4.78, 5) is 15.3. The first-order chi connectivity index (χ1) is 13.8. The highest BCUT2D eigenvalue weighted by Gasteiger charge is 2.29. The predicted octanol–water partition coefficient (Wildman–Crippen LogP) is 5.18. The minimum absolute atomic E-state index is 0.351. The normalized spacial score (nSPS) is 18.6. The lowest BCUT2D eigenvalue weighted by Gasteiger charge is -2.37. The number of nitrogens with zero attached hydrogens (tertiary/aromatic N) is 1. The van der Waals surface area contributed by atoms with Crippen molar-refractivity contribution in [1.82, 2.24) is 4.90 Å².